The minimum Gasteiger partial charge on any atom is -0.366 e. The molecule has 35 heavy (non-hydrogen) atoms. The monoisotopic (exact) mass is 513 g/mol. The van der Waals surface area contributed by atoms with Gasteiger partial charge >= 0.3 is 0 Å². The van der Waals surface area contributed by atoms with Gasteiger partial charge in [-0.05, 0) is 77.8 Å². The number of carbonyl (C=O) groups excluding carboxylic acids is 2. The Morgan fingerprint density at radius 1 is 1.14 bits per heavy atom. The molecule has 2 aromatic carbocycles. The Morgan fingerprint density at radius 3 is 2.49 bits per heavy atom. The van der Waals surface area contributed by atoms with Crippen LogP contribution in [0.25, 0.3) is 17.2 Å². The van der Waals surface area contributed by atoms with Crippen molar-refractivity contribution in [1.82, 2.24) is 4.31 Å². The van der Waals surface area contributed by atoms with Gasteiger partial charge in [-0.15, -0.1) is 11.6 Å². The normalized spacial score (nSPS) is 16.8. The van der Waals surface area contributed by atoms with Gasteiger partial charge in [0.1, 0.15) is 5.38 Å². The number of halogens is 1. The van der Waals surface area contributed by atoms with Gasteiger partial charge in [-0.1, -0.05) is 30.4 Å². The number of allylic oxidation sites excluding steroid dienone is 1. The second-order valence-electron chi connectivity index (χ2n) is 8.95. The Balaban J connectivity index is 1.76. The minimum atomic E-state index is -3.24. The Kier molecular flexibility index (Phi) is 6.90. The van der Waals surface area contributed by atoms with E-state index in [0.717, 1.165) is 39.0 Å². The number of alkyl halides is 1. The van der Waals surface area contributed by atoms with Crippen LogP contribution in [0.2, 0.25) is 0 Å². The lowest BCUT2D eigenvalue weighted by Gasteiger charge is -2.24. The summed E-state index contributed by atoms with van der Waals surface area (Å²) >= 11 is 5.93. The fraction of sp³-hybridized carbons (Fsp3) is 0.308. The zero-order chi connectivity index (χ0) is 25.5. The number of hydrogen-bond donors (Lipinski definition) is 2. The second kappa shape index (κ2) is 9.60. The Bertz CT molecular complexity index is 1390. The smallest absolute Gasteiger partial charge is 0.249 e. The minimum absolute atomic E-state index is 0.282. The topological polar surface area (TPSA) is 110 Å². The van der Waals surface area contributed by atoms with Crippen LogP contribution in [0.4, 0.5) is 5.69 Å². The second-order valence-corrected chi connectivity index (χ2v) is 11.6. The number of nitrogens with one attached hydrogen (secondary N) is 1. The number of rotatable bonds is 6. The van der Waals surface area contributed by atoms with Crippen molar-refractivity contribution in [3.8, 4) is 11.1 Å². The zero-order valence-electron chi connectivity index (χ0n) is 19.9. The van der Waals surface area contributed by atoms with E-state index in [2.05, 4.69) is 11.4 Å². The van der Waals surface area contributed by atoms with Crippen molar-refractivity contribution in [1.29, 1.82) is 0 Å². The molecule has 0 saturated carbocycles. The summed E-state index contributed by atoms with van der Waals surface area (Å²) in [4.78, 5) is 24.4. The van der Waals surface area contributed by atoms with E-state index in [9.17, 15) is 18.0 Å². The van der Waals surface area contributed by atoms with Gasteiger partial charge in [0.05, 0.1) is 6.26 Å². The summed E-state index contributed by atoms with van der Waals surface area (Å²) in [6, 6.07) is 9.31. The molecule has 1 heterocycles. The first-order valence-corrected chi connectivity index (χ1v) is 13.6. The average Bonchev–Trinajstić information content (AvgIpc) is 3.24. The van der Waals surface area contributed by atoms with Crippen molar-refractivity contribution in [2.75, 3.05) is 24.7 Å². The molecule has 7 nitrogen and oxygen atoms in total. The zero-order valence-corrected chi connectivity index (χ0v) is 21.5. The van der Waals surface area contributed by atoms with Crippen LogP contribution in [-0.4, -0.2) is 49.3 Å². The Labute approximate surface area is 210 Å². The molecule has 0 radical (unpaired) electrons. The van der Waals surface area contributed by atoms with Crippen molar-refractivity contribution < 1.29 is 18.0 Å². The molecule has 2 aliphatic rings. The number of amides is 2. The molecule has 1 aliphatic heterocycles. The van der Waals surface area contributed by atoms with Crippen LogP contribution in [0, 0.1) is 6.92 Å². The Morgan fingerprint density at radius 2 is 1.89 bits per heavy atom. The van der Waals surface area contributed by atoms with Gasteiger partial charge in [0.2, 0.25) is 21.8 Å². The van der Waals surface area contributed by atoms with Crippen LogP contribution >= 0.6 is 11.6 Å². The SMILES string of the molecule is Cc1c(NC(=O)C(C)Cl)cccc1-c1ccc(C(N)=O)c2c1C=C(C1=CCN(S(C)(=O)=O)CC1)C2. The van der Waals surface area contributed by atoms with Crippen LogP contribution in [0.3, 0.4) is 0 Å². The highest BCUT2D eigenvalue weighted by atomic mass is 35.5. The number of carbonyl (C=O) groups is 2. The van der Waals surface area contributed by atoms with Gasteiger partial charge < -0.3 is 11.1 Å². The highest BCUT2D eigenvalue weighted by molar-refractivity contribution is 7.88. The predicted molar refractivity (Wildman–Crippen MR) is 140 cm³/mol. The quantitative estimate of drug-likeness (QED) is 0.571. The molecule has 0 bridgehead atoms. The number of anilines is 1. The molecule has 0 spiro atoms. The number of benzene rings is 2. The molecule has 0 aromatic heterocycles. The lowest BCUT2D eigenvalue weighted by atomic mass is 9.90. The van der Waals surface area contributed by atoms with Gasteiger partial charge in [-0.3, -0.25) is 9.59 Å². The highest BCUT2D eigenvalue weighted by Crippen LogP contribution is 2.41. The number of nitrogens with zero attached hydrogens (tertiary/aromatic N) is 1. The largest absolute Gasteiger partial charge is 0.366 e. The van der Waals surface area contributed by atoms with Crippen LogP contribution in [0.15, 0.2) is 47.6 Å². The van der Waals surface area contributed by atoms with Gasteiger partial charge in [0.25, 0.3) is 0 Å². The van der Waals surface area contributed by atoms with Crippen LogP contribution < -0.4 is 11.1 Å². The van der Waals surface area contributed by atoms with Gasteiger partial charge in [0, 0.05) is 24.3 Å². The summed E-state index contributed by atoms with van der Waals surface area (Å²) in [6.07, 6.45) is 6.39. The maximum absolute atomic E-state index is 12.2. The first-order valence-electron chi connectivity index (χ1n) is 11.3. The predicted octanol–water partition coefficient (Wildman–Crippen LogP) is 3.86. The van der Waals surface area contributed by atoms with Crippen molar-refractivity contribution in [2.24, 2.45) is 5.73 Å². The van der Waals surface area contributed by atoms with Crippen molar-refractivity contribution in [2.45, 2.75) is 32.1 Å². The summed E-state index contributed by atoms with van der Waals surface area (Å²) < 4.78 is 25.2. The number of nitrogens with two attached hydrogens (primary N) is 1. The molecular weight excluding hydrogens is 486 g/mol. The van der Waals surface area contributed by atoms with Crippen LogP contribution in [0.1, 0.15) is 40.4 Å². The van der Waals surface area contributed by atoms with Crippen molar-refractivity contribution in [3.05, 3.63) is 69.8 Å². The third-order valence-corrected chi connectivity index (χ3v) is 8.07. The number of hydrogen-bond acceptors (Lipinski definition) is 4. The molecule has 2 amide bonds. The summed E-state index contributed by atoms with van der Waals surface area (Å²) in [5, 5.41) is 2.21. The molecule has 1 unspecified atom stereocenters. The molecule has 1 aliphatic carbocycles. The van der Waals surface area contributed by atoms with E-state index in [1.54, 1.807) is 13.0 Å². The summed E-state index contributed by atoms with van der Waals surface area (Å²) in [6.45, 7) is 4.30. The van der Waals surface area contributed by atoms with Crippen molar-refractivity contribution in [3.63, 3.8) is 0 Å². The molecule has 9 heteroatoms. The summed E-state index contributed by atoms with van der Waals surface area (Å²) in [5.41, 5.74) is 13.5. The Hall–Kier alpha value is -2.94. The first-order chi connectivity index (χ1) is 16.5. The van der Waals surface area contributed by atoms with E-state index in [0.29, 0.717) is 37.2 Å². The maximum atomic E-state index is 12.2. The lowest BCUT2D eigenvalue weighted by molar-refractivity contribution is -0.115. The van der Waals surface area contributed by atoms with Gasteiger partial charge in [-0.25, -0.2) is 8.42 Å². The standard InChI is InChI=1S/C26H28ClN3O4S/c1-15-19(5-4-6-24(15)29-26(32)16(2)27)20-7-8-21(25(28)31)23-14-18(13-22(20)23)17-9-11-30(12-10-17)35(3,33)34/h4-9,13,16H,10-12,14H2,1-3H3,(H2,28,31)(H,29,32). The lowest BCUT2D eigenvalue weighted by Crippen LogP contribution is -2.34. The van der Waals surface area contributed by atoms with E-state index in [-0.39, 0.29) is 5.91 Å². The molecule has 4 rings (SSSR count). The number of primary amides is 1. The third-order valence-electron chi connectivity index (χ3n) is 6.60. The molecule has 0 fully saturated rings. The summed E-state index contributed by atoms with van der Waals surface area (Å²) in [7, 11) is -3.24. The first kappa shape index (κ1) is 25.2. The van der Waals surface area contributed by atoms with E-state index >= 15 is 0 Å². The van der Waals surface area contributed by atoms with E-state index in [1.165, 1.54) is 10.6 Å². The third kappa shape index (κ3) is 5.05. The van der Waals surface area contributed by atoms with Crippen LogP contribution in [0.5, 0.6) is 0 Å². The maximum Gasteiger partial charge on any atom is 0.249 e. The molecule has 184 valence electrons. The van der Waals surface area contributed by atoms with Crippen molar-refractivity contribution >= 4 is 45.2 Å². The van der Waals surface area contributed by atoms with Gasteiger partial charge in [0.15, 0.2) is 0 Å². The molecule has 3 N–H and O–H groups in total. The van der Waals surface area contributed by atoms with Gasteiger partial charge in [-0.2, -0.15) is 4.31 Å². The molecular formula is C26H28ClN3O4S. The molecule has 2 aromatic rings. The molecule has 1 atom stereocenters. The number of fused-ring (bicyclic) bond motifs is 1. The fourth-order valence-electron chi connectivity index (χ4n) is 4.65. The number of sulfonamides is 1. The fourth-order valence-corrected chi connectivity index (χ4v) is 5.47. The van der Waals surface area contributed by atoms with E-state index in [4.69, 9.17) is 17.3 Å². The van der Waals surface area contributed by atoms with E-state index < -0.39 is 21.3 Å². The van der Waals surface area contributed by atoms with E-state index in [1.807, 2.05) is 37.3 Å². The summed E-state index contributed by atoms with van der Waals surface area (Å²) in [5.74, 6) is -0.770. The highest BCUT2D eigenvalue weighted by Gasteiger charge is 2.27. The average molecular weight is 514 g/mol. The van der Waals surface area contributed by atoms with Crippen LogP contribution in [-0.2, 0) is 21.2 Å². The molecule has 0 saturated heterocycles.